The van der Waals surface area contributed by atoms with Gasteiger partial charge in [-0.05, 0) is 65.7 Å². The number of allylic oxidation sites excluding steroid dienone is 1. The molecule has 38 heavy (non-hydrogen) atoms. The van der Waals surface area contributed by atoms with Crippen LogP contribution in [0.1, 0.15) is 43.7 Å². The van der Waals surface area contributed by atoms with Crippen LogP contribution in [0.15, 0.2) is 65.7 Å². The summed E-state index contributed by atoms with van der Waals surface area (Å²) in [6, 6.07) is 16.9. The first-order chi connectivity index (χ1) is 18.4. The number of phenols is 1. The largest absolute Gasteiger partial charge is 0.508 e. The molecule has 3 N–H and O–H groups in total. The van der Waals surface area contributed by atoms with E-state index in [-0.39, 0.29) is 30.8 Å². The minimum atomic E-state index is -0.919. The number of carbonyl (C=O) groups excluding carboxylic acids is 2. The number of benzene rings is 2. The molecular weight excluding hydrogens is 482 g/mol. The van der Waals surface area contributed by atoms with Crippen molar-refractivity contribution in [2.45, 2.75) is 38.7 Å². The van der Waals surface area contributed by atoms with Crippen LogP contribution in [0.4, 0.5) is 0 Å². The molecule has 0 radical (unpaired) electrons. The Hall–Kier alpha value is -3.26. The molecule has 0 saturated carbocycles. The summed E-state index contributed by atoms with van der Waals surface area (Å²) < 4.78 is 5.43. The van der Waals surface area contributed by atoms with Crippen molar-refractivity contribution in [2.24, 2.45) is 17.8 Å². The third-order valence-electron chi connectivity index (χ3n) is 7.64. The molecule has 0 unspecified atom stereocenters. The number of imide groups is 1. The molecule has 0 aromatic heterocycles. The van der Waals surface area contributed by atoms with E-state index in [9.17, 15) is 24.9 Å². The molecule has 2 aromatic rings. The van der Waals surface area contributed by atoms with E-state index in [1.807, 2.05) is 49.4 Å². The molecule has 7 nitrogen and oxygen atoms in total. The van der Waals surface area contributed by atoms with Crippen LogP contribution in [0, 0.1) is 17.8 Å². The summed E-state index contributed by atoms with van der Waals surface area (Å²) >= 11 is 0. The van der Waals surface area contributed by atoms with E-state index >= 15 is 0 Å². The number of carbonyl (C=O) groups is 2. The molecule has 0 spiro atoms. The van der Waals surface area contributed by atoms with Gasteiger partial charge in [-0.15, -0.1) is 0 Å². The first-order valence-electron chi connectivity index (χ1n) is 13.3. The molecule has 2 aliphatic rings. The monoisotopic (exact) mass is 519 g/mol. The van der Waals surface area contributed by atoms with Gasteiger partial charge in [0.1, 0.15) is 5.75 Å². The molecule has 2 aromatic carbocycles. The lowest BCUT2D eigenvalue weighted by atomic mass is 9.68. The maximum Gasteiger partial charge on any atom is 0.233 e. The zero-order chi connectivity index (χ0) is 27.2. The lowest BCUT2D eigenvalue weighted by Gasteiger charge is -2.36. The molecule has 1 aliphatic heterocycles. The molecule has 1 fully saturated rings. The summed E-state index contributed by atoms with van der Waals surface area (Å²) in [5.74, 6) is -2.10. The second-order valence-electron chi connectivity index (χ2n) is 10.1. The fraction of sp³-hybridized carbons (Fsp3) is 0.419. The Labute approximate surface area is 224 Å². The van der Waals surface area contributed by atoms with Crippen molar-refractivity contribution in [3.63, 3.8) is 0 Å². The second-order valence-corrected chi connectivity index (χ2v) is 10.1. The molecule has 1 heterocycles. The zero-order valence-electron chi connectivity index (χ0n) is 22.0. The third-order valence-corrected chi connectivity index (χ3v) is 7.64. The highest BCUT2D eigenvalue weighted by Gasteiger charge is 2.54. The van der Waals surface area contributed by atoms with Crippen LogP contribution in [-0.4, -0.2) is 65.0 Å². The summed E-state index contributed by atoms with van der Waals surface area (Å²) in [5.41, 5.74) is 4.25. The van der Waals surface area contributed by atoms with Crippen LogP contribution in [0.3, 0.4) is 0 Å². The van der Waals surface area contributed by atoms with Gasteiger partial charge in [-0.1, -0.05) is 55.5 Å². The van der Waals surface area contributed by atoms with Crippen LogP contribution in [-0.2, 0) is 14.3 Å². The Morgan fingerprint density at radius 1 is 1.13 bits per heavy atom. The van der Waals surface area contributed by atoms with Crippen molar-refractivity contribution >= 4 is 23.5 Å². The fourth-order valence-corrected chi connectivity index (χ4v) is 5.99. The van der Waals surface area contributed by atoms with Crippen molar-refractivity contribution in [1.29, 1.82) is 0 Å². The Morgan fingerprint density at radius 3 is 2.55 bits per heavy atom. The number of ether oxygens (including phenoxy) is 1. The number of hydrogen-bond acceptors (Lipinski definition) is 6. The Balaban J connectivity index is 1.63. The number of methoxy groups -OCH3 is 1. The number of fused-ring (bicyclic) bond motifs is 1. The van der Waals surface area contributed by atoms with Crippen molar-refractivity contribution in [3.8, 4) is 5.75 Å². The van der Waals surface area contributed by atoms with Crippen LogP contribution in [0.5, 0.6) is 5.75 Å². The minimum Gasteiger partial charge on any atom is -0.508 e. The summed E-state index contributed by atoms with van der Waals surface area (Å²) in [4.78, 5) is 27.6. The first-order valence-corrected chi connectivity index (χ1v) is 13.3. The molecule has 1 aliphatic carbocycles. The first kappa shape index (κ1) is 27.8. The van der Waals surface area contributed by atoms with Gasteiger partial charge in [0.05, 0.1) is 31.2 Å². The maximum absolute atomic E-state index is 13.3. The molecule has 0 bridgehead atoms. The topological polar surface area (TPSA) is 107 Å². The van der Waals surface area contributed by atoms with Gasteiger partial charge in [-0.25, -0.2) is 0 Å². The van der Waals surface area contributed by atoms with Crippen LogP contribution in [0.2, 0.25) is 0 Å². The average molecular weight is 520 g/mol. The molecular formula is C31H37NO6. The van der Waals surface area contributed by atoms with E-state index in [2.05, 4.69) is 0 Å². The average Bonchev–Trinajstić information content (AvgIpc) is 3.15. The number of amides is 2. The van der Waals surface area contributed by atoms with Crippen molar-refractivity contribution in [1.82, 2.24) is 4.90 Å². The van der Waals surface area contributed by atoms with Crippen LogP contribution >= 0.6 is 0 Å². The van der Waals surface area contributed by atoms with Gasteiger partial charge in [0.25, 0.3) is 0 Å². The zero-order valence-corrected chi connectivity index (χ0v) is 22.0. The highest BCUT2D eigenvalue weighted by Crippen LogP contribution is 2.46. The van der Waals surface area contributed by atoms with E-state index < -0.39 is 23.9 Å². The van der Waals surface area contributed by atoms with E-state index in [0.717, 1.165) is 22.3 Å². The number of aromatic hydroxyl groups is 1. The summed E-state index contributed by atoms with van der Waals surface area (Å²) in [6.07, 6.45) is 2.97. The van der Waals surface area contributed by atoms with E-state index in [4.69, 9.17) is 4.74 Å². The van der Waals surface area contributed by atoms with Crippen molar-refractivity contribution in [2.75, 3.05) is 26.9 Å². The number of aliphatic hydroxyl groups is 2. The number of nitrogens with zero attached hydrogens (tertiary/aromatic N) is 1. The van der Waals surface area contributed by atoms with Gasteiger partial charge in [0, 0.05) is 19.6 Å². The fourth-order valence-electron chi connectivity index (χ4n) is 5.99. The molecule has 4 rings (SSSR count). The number of aliphatic hydroxyl groups excluding tert-OH is 2. The van der Waals surface area contributed by atoms with Crippen molar-refractivity contribution < 1.29 is 29.6 Å². The lowest BCUT2D eigenvalue weighted by Crippen LogP contribution is -2.39. The highest BCUT2D eigenvalue weighted by atomic mass is 16.5. The highest BCUT2D eigenvalue weighted by molar-refractivity contribution is 6.05. The predicted octanol–water partition coefficient (Wildman–Crippen LogP) is 4.04. The van der Waals surface area contributed by atoms with Crippen molar-refractivity contribution in [3.05, 3.63) is 76.9 Å². The smallest absolute Gasteiger partial charge is 0.233 e. The van der Waals surface area contributed by atoms with Gasteiger partial charge in [0.2, 0.25) is 11.8 Å². The standard InChI is InChI=1S/C31H37NO6/c1-3-14-32-30(36)25-17-23(19-38-2)28(26(18-33)29(25)31(32)37)27(35)13-12-22(21-9-5-4-6-10-21)15-20-8-7-11-24(34)16-20/h4-11,15-16,25-27,29,33-35H,3,12-14,17-19H2,1-2H3/b22-15-/t25-,26+,27-,29-/m1/s1. The molecule has 4 atom stereocenters. The number of phenolic OH excluding ortho intramolecular Hbond substituents is 1. The molecule has 1 saturated heterocycles. The van der Waals surface area contributed by atoms with Gasteiger partial charge in [-0.3, -0.25) is 14.5 Å². The Morgan fingerprint density at radius 2 is 1.89 bits per heavy atom. The minimum absolute atomic E-state index is 0.177. The quantitative estimate of drug-likeness (QED) is 0.235. The van der Waals surface area contributed by atoms with E-state index in [1.165, 1.54) is 4.90 Å². The Bertz CT molecular complexity index is 1200. The summed E-state index contributed by atoms with van der Waals surface area (Å²) in [7, 11) is 1.56. The number of hydrogen-bond donors (Lipinski definition) is 3. The van der Waals surface area contributed by atoms with Gasteiger partial charge < -0.3 is 20.1 Å². The second kappa shape index (κ2) is 12.5. The summed E-state index contributed by atoms with van der Waals surface area (Å²) in [5, 5.41) is 31.9. The number of rotatable bonds is 11. The van der Waals surface area contributed by atoms with Gasteiger partial charge in [-0.2, -0.15) is 0 Å². The number of likely N-dealkylation sites (tertiary alicyclic amines) is 1. The van der Waals surface area contributed by atoms with Crippen LogP contribution in [0.25, 0.3) is 11.6 Å². The maximum atomic E-state index is 13.3. The van der Waals surface area contributed by atoms with Crippen LogP contribution < -0.4 is 0 Å². The van der Waals surface area contributed by atoms with E-state index in [0.29, 0.717) is 37.8 Å². The van der Waals surface area contributed by atoms with E-state index in [1.54, 1.807) is 25.3 Å². The molecule has 202 valence electrons. The van der Waals surface area contributed by atoms with Gasteiger partial charge >= 0.3 is 0 Å². The molecule has 2 amide bonds. The Kier molecular flexibility index (Phi) is 9.15. The SMILES string of the molecule is CCCN1C(=O)[C@@H]2[C@@H](CC(COC)=C([C@H](O)CC/C(=C/c3cccc(O)c3)c3ccccc3)[C@@H]2CO)C1=O. The normalized spacial score (nSPS) is 22.7. The molecule has 7 heteroatoms. The lowest BCUT2D eigenvalue weighted by molar-refractivity contribution is -0.140. The predicted molar refractivity (Wildman–Crippen MR) is 146 cm³/mol. The van der Waals surface area contributed by atoms with Gasteiger partial charge in [0.15, 0.2) is 0 Å². The third kappa shape index (κ3) is 5.75. The summed E-state index contributed by atoms with van der Waals surface area (Å²) in [6.45, 7) is 2.18.